The molecule has 0 amide bonds. The molecule has 0 rings (SSSR count). The SMILES string of the molecule is CC[Si](CC)(C(C)O)C(F)(F)F. The van der Waals surface area contributed by atoms with Gasteiger partial charge in [0.05, 0.1) is 5.73 Å². The molecule has 0 aromatic carbocycles. The van der Waals surface area contributed by atoms with E-state index in [9.17, 15) is 13.2 Å². The molecule has 0 heterocycles. The van der Waals surface area contributed by atoms with Crippen molar-refractivity contribution in [2.45, 2.75) is 44.4 Å². The Morgan fingerprint density at radius 2 is 1.58 bits per heavy atom. The summed E-state index contributed by atoms with van der Waals surface area (Å²) in [5.41, 5.74) is -1.20. The molecular weight excluding hydrogens is 185 g/mol. The largest absolute Gasteiger partial charge is 0.396 e. The Balaban J connectivity index is 4.83. The van der Waals surface area contributed by atoms with Crippen LogP contribution in [-0.4, -0.2) is 24.7 Å². The first-order valence-corrected chi connectivity index (χ1v) is 6.55. The highest BCUT2D eigenvalue weighted by atomic mass is 28.3. The first kappa shape index (κ1) is 12.0. The first-order valence-electron chi connectivity index (χ1n) is 4.06. The summed E-state index contributed by atoms with van der Waals surface area (Å²) >= 11 is 0. The van der Waals surface area contributed by atoms with E-state index in [1.807, 2.05) is 0 Å². The third kappa shape index (κ3) is 1.82. The second-order valence-corrected chi connectivity index (χ2v) is 8.17. The normalized spacial score (nSPS) is 16.2. The summed E-state index contributed by atoms with van der Waals surface area (Å²) in [5.74, 6) is -4.18. The predicted molar refractivity (Wildman–Crippen MR) is 44.5 cm³/mol. The molecular formula is C7H15F3OSi. The van der Waals surface area contributed by atoms with Crippen LogP contribution in [0.5, 0.6) is 0 Å². The van der Waals surface area contributed by atoms with Crippen LogP contribution in [0.3, 0.4) is 0 Å². The molecule has 0 fully saturated rings. The van der Waals surface area contributed by atoms with Crippen LogP contribution in [0.25, 0.3) is 0 Å². The standard InChI is InChI=1S/C7H15F3OSi/c1-4-12(5-2,6(3)11)7(8,9)10/h6,11H,4-5H2,1-3H3. The fourth-order valence-electron chi connectivity index (χ4n) is 1.48. The molecule has 1 N–H and O–H groups in total. The molecule has 1 nitrogen and oxygen atoms in total. The van der Waals surface area contributed by atoms with Crippen molar-refractivity contribution < 1.29 is 18.3 Å². The van der Waals surface area contributed by atoms with Gasteiger partial charge < -0.3 is 5.11 Å². The Morgan fingerprint density at radius 1 is 1.25 bits per heavy atom. The van der Waals surface area contributed by atoms with Gasteiger partial charge in [-0.1, -0.05) is 13.8 Å². The van der Waals surface area contributed by atoms with Gasteiger partial charge in [-0.25, -0.2) is 0 Å². The molecule has 0 saturated carbocycles. The lowest BCUT2D eigenvalue weighted by atomic mass is 10.8. The molecule has 5 heteroatoms. The Bertz CT molecular complexity index is 140. The van der Waals surface area contributed by atoms with Crippen LogP contribution < -0.4 is 0 Å². The molecule has 1 unspecified atom stereocenters. The van der Waals surface area contributed by atoms with E-state index in [4.69, 9.17) is 5.11 Å². The minimum atomic E-state index is -4.18. The molecule has 74 valence electrons. The Hall–Kier alpha value is -0.0331. The lowest BCUT2D eigenvalue weighted by molar-refractivity contribution is -0.0633. The lowest BCUT2D eigenvalue weighted by Gasteiger charge is -2.33. The smallest absolute Gasteiger partial charge is 0.364 e. The summed E-state index contributed by atoms with van der Waals surface area (Å²) in [7, 11) is -3.47. The maximum atomic E-state index is 12.5. The van der Waals surface area contributed by atoms with Gasteiger partial charge in [0.1, 0.15) is 0 Å². The van der Waals surface area contributed by atoms with Crippen molar-refractivity contribution in [2.24, 2.45) is 0 Å². The van der Waals surface area contributed by atoms with Crippen LogP contribution in [0.4, 0.5) is 13.2 Å². The molecule has 0 aromatic rings. The van der Waals surface area contributed by atoms with Crippen molar-refractivity contribution >= 4 is 8.07 Å². The summed E-state index contributed by atoms with van der Waals surface area (Å²) in [5, 5.41) is 9.14. The van der Waals surface area contributed by atoms with Gasteiger partial charge in [0.2, 0.25) is 8.07 Å². The first-order chi connectivity index (χ1) is 5.31. The highest BCUT2D eigenvalue weighted by molar-refractivity contribution is 6.82. The average molecular weight is 200 g/mol. The molecule has 0 spiro atoms. The van der Waals surface area contributed by atoms with E-state index in [1.54, 1.807) is 0 Å². The summed E-state index contributed by atoms with van der Waals surface area (Å²) in [6.45, 7) is 4.28. The molecule has 0 aromatic heterocycles. The molecule has 0 aliphatic rings. The van der Waals surface area contributed by atoms with E-state index in [2.05, 4.69) is 0 Å². The molecule has 0 saturated heterocycles. The zero-order valence-corrected chi connectivity index (χ0v) is 8.57. The van der Waals surface area contributed by atoms with Crippen LogP contribution in [0.1, 0.15) is 20.8 Å². The zero-order chi connectivity index (χ0) is 9.99. The minimum Gasteiger partial charge on any atom is -0.396 e. The molecule has 0 aliphatic heterocycles. The monoisotopic (exact) mass is 200 g/mol. The molecule has 12 heavy (non-hydrogen) atoms. The zero-order valence-electron chi connectivity index (χ0n) is 7.57. The van der Waals surface area contributed by atoms with E-state index in [1.165, 1.54) is 20.8 Å². The van der Waals surface area contributed by atoms with Crippen LogP contribution in [-0.2, 0) is 0 Å². The number of hydrogen-bond donors (Lipinski definition) is 1. The molecule has 1 atom stereocenters. The van der Waals surface area contributed by atoms with E-state index in [-0.39, 0.29) is 12.1 Å². The number of hydrogen-bond acceptors (Lipinski definition) is 1. The van der Waals surface area contributed by atoms with E-state index in [0.29, 0.717) is 0 Å². The van der Waals surface area contributed by atoms with Crippen molar-refractivity contribution in [3.05, 3.63) is 0 Å². The third-order valence-electron chi connectivity index (χ3n) is 2.63. The van der Waals surface area contributed by atoms with Crippen LogP contribution in [0, 0.1) is 0 Å². The van der Waals surface area contributed by atoms with Gasteiger partial charge in [0.25, 0.3) is 0 Å². The van der Waals surface area contributed by atoms with Crippen LogP contribution >= 0.6 is 0 Å². The summed E-state index contributed by atoms with van der Waals surface area (Å²) in [6, 6.07) is 0.120. The number of aliphatic hydroxyl groups is 1. The van der Waals surface area contributed by atoms with Gasteiger partial charge in [-0.05, 0) is 19.0 Å². The topological polar surface area (TPSA) is 20.2 Å². The molecule has 0 bridgehead atoms. The van der Waals surface area contributed by atoms with Gasteiger partial charge in [0, 0.05) is 0 Å². The van der Waals surface area contributed by atoms with Gasteiger partial charge in [0.15, 0.2) is 0 Å². The van der Waals surface area contributed by atoms with Crippen molar-refractivity contribution in [3.8, 4) is 0 Å². The number of aliphatic hydroxyl groups excluding tert-OH is 1. The van der Waals surface area contributed by atoms with Crippen molar-refractivity contribution in [1.29, 1.82) is 0 Å². The molecule has 0 radical (unpaired) electrons. The summed E-state index contributed by atoms with van der Waals surface area (Å²) in [6.07, 6.45) is 0. The van der Waals surface area contributed by atoms with Gasteiger partial charge in [-0.3, -0.25) is 0 Å². The van der Waals surface area contributed by atoms with Gasteiger partial charge >= 0.3 is 5.80 Å². The number of alkyl halides is 3. The quantitative estimate of drug-likeness (QED) is 0.694. The Labute approximate surface area is 71.6 Å². The van der Waals surface area contributed by atoms with Crippen molar-refractivity contribution in [2.75, 3.05) is 0 Å². The second kappa shape index (κ2) is 3.78. The van der Waals surface area contributed by atoms with Crippen molar-refractivity contribution in [3.63, 3.8) is 0 Å². The second-order valence-electron chi connectivity index (χ2n) is 3.04. The maximum absolute atomic E-state index is 12.5. The Kier molecular flexibility index (Phi) is 3.77. The highest BCUT2D eigenvalue weighted by Gasteiger charge is 2.57. The van der Waals surface area contributed by atoms with Gasteiger partial charge in [-0.15, -0.1) is 0 Å². The minimum absolute atomic E-state index is 0.0602. The fraction of sp³-hybridized carbons (Fsp3) is 1.00. The highest BCUT2D eigenvalue weighted by Crippen LogP contribution is 2.37. The third-order valence-corrected chi connectivity index (χ3v) is 7.88. The van der Waals surface area contributed by atoms with E-state index >= 15 is 0 Å². The molecule has 0 aliphatic carbocycles. The predicted octanol–water partition coefficient (Wildman–Crippen LogP) is 2.50. The van der Waals surface area contributed by atoms with Crippen LogP contribution in [0.15, 0.2) is 0 Å². The van der Waals surface area contributed by atoms with Gasteiger partial charge in [-0.2, -0.15) is 13.2 Å². The fourth-order valence-corrected chi connectivity index (χ4v) is 4.44. The van der Waals surface area contributed by atoms with E-state index < -0.39 is 19.6 Å². The summed E-state index contributed by atoms with van der Waals surface area (Å²) < 4.78 is 37.6. The van der Waals surface area contributed by atoms with E-state index in [0.717, 1.165) is 0 Å². The number of halogens is 3. The number of rotatable bonds is 3. The van der Waals surface area contributed by atoms with Crippen molar-refractivity contribution in [1.82, 2.24) is 0 Å². The lowest BCUT2D eigenvalue weighted by Crippen LogP contribution is -2.57. The summed E-state index contributed by atoms with van der Waals surface area (Å²) in [4.78, 5) is 0. The average Bonchev–Trinajstić information content (AvgIpc) is 1.87. The maximum Gasteiger partial charge on any atom is 0.364 e. The Morgan fingerprint density at radius 3 is 1.58 bits per heavy atom. The van der Waals surface area contributed by atoms with Crippen LogP contribution in [0.2, 0.25) is 12.1 Å².